The van der Waals surface area contributed by atoms with Crippen molar-refractivity contribution < 1.29 is 14.3 Å². The van der Waals surface area contributed by atoms with Gasteiger partial charge in [0.05, 0.1) is 31.6 Å². The van der Waals surface area contributed by atoms with Crippen LogP contribution in [0.25, 0.3) is 0 Å². The molecule has 0 unspecified atom stereocenters. The van der Waals surface area contributed by atoms with Crippen molar-refractivity contribution in [2.75, 3.05) is 38.7 Å². The van der Waals surface area contributed by atoms with Crippen LogP contribution in [-0.4, -0.2) is 54.2 Å². The number of morpholine rings is 1. The lowest BCUT2D eigenvalue weighted by Gasteiger charge is -2.26. The molecular weight excluding hydrogens is 344 g/mol. The first-order valence-electron chi connectivity index (χ1n) is 7.88. The third kappa shape index (κ3) is 4.00. The zero-order chi connectivity index (χ0) is 17.8. The molecule has 3 rings (SSSR count). The Balaban J connectivity index is 1.75. The van der Waals surface area contributed by atoms with Crippen molar-refractivity contribution in [3.05, 3.63) is 40.7 Å². The van der Waals surface area contributed by atoms with Gasteiger partial charge in [0.1, 0.15) is 5.75 Å². The molecular formula is C17H19ClN4O3. The molecule has 0 bridgehead atoms. The zero-order valence-corrected chi connectivity index (χ0v) is 14.8. The molecule has 7 nitrogen and oxygen atoms in total. The van der Waals surface area contributed by atoms with Crippen molar-refractivity contribution in [1.82, 2.24) is 14.9 Å². The van der Waals surface area contributed by atoms with Crippen LogP contribution in [0.2, 0.25) is 5.02 Å². The summed E-state index contributed by atoms with van der Waals surface area (Å²) < 4.78 is 10.6. The van der Waals surface area contributed by atoms with Crippen molar-refractivity contribution in [3.8, 4) is 5.75 Å². The Hall–Kier alpha value is -2.38. The average molecular weight is 363 g/mol. The monoisotopic (exact) mass is 362 g/mol. The van der Waals surface area contributed by atoms with Crippen molar-refractivity contribution in [3.63, 3.8) is 0 Å². The molecule has 2 heterocycles. The molecule has 1 amide bonds. The van der Waals surface area contributed by atoms with E-state index in [2.05, 4.69) is 15.3 Å². The summed E-state index contributed by atoms with van der Waals surface area (Å²) in [6.07, 6.45) is 3.03. The number of nitrogens with zero attached hydrogens (tertiary/aromatic N) is 3. The number of amides is 1. The van der Waals surface area contributed by atoms with Gasteiger partial charge in [0.15, 0.2) is 0 Å². The van der Waals surface area contributed by atoms with Crippen molar-refractivity contribution >= 4 is 29.1 Å². The Morgan fingerprint density at radius 2 is 1.96 bits per heavy atom. The van der Waals surface area contributed by atoms with Gasteiger partial charge in [0, 0.05) is 36.6 Å². The molecule has 1 aromatic carbocycles. The van der Waals surface area contributed by atoms with Crippen LogP contribution in [0.4, 0.5) is 11.6 Å². The van der Waals surface area contributed by atoms with Gasteiger partial charge in [-0.15, -0.1) is 0 Å². The molecule has 132 valence electrons. The molecule has 2 aromatic rings. The van der Waals surface area contributed by atoms with E-state index in [4.69, 9.17) is 21.1 Å². The van der Waals surface area contributed by atoms with E-state index in [1.807, 2.05) is 13.0 Å². The topological polar surface area (TPSA) is 76.6 Å². The van der Waals surface area contributed by atoms with E-state index in [9.17, 15) is 4.79 Å². The summed E-state index contributed by atoms with van der Waals surface area (Å²) in [6, 6.07) is 3.59. The number of anilines is 2. The normalized spacial score (nSPS) is 14.3. The highest BCUT2D eigenvalue weighted by molar-refractivity contribution is 6.31. The van der Waals surface area contributed by atoms with Crippen molar-refractivity contribution in [2.45, 2.75) is 6.92 Å². The maximum Gasteiger partial charge on any atom is 0.257 e. The minimum absolute atomic E-state index is 0.0882. The molecule has 25 heavy (non-hydrogen) atoms. The number of methoxy groups -OCH3 is 1. The summed E-state index contributed by atoms with van der Waals surface area (Å²) in [5.41, 5.74) is 2.06. The van der Waals surface area contributed by atoms with Crippen LogP contribution in [0.3, 0.4) is 0 Å². The number of halogens is 1. The van der Waals surface area contributed by atoms with E-state index in [1.165, 1.54) is 12.4 Å². The van der Waals surface area contributed by atoms with Gasteiger partial charge in [0.2, 0.25) is 5.95 Å². The summed E-state index contributed by atoms with van der Waals surface area (Å²) in [7, 11) is 1.57. The van der Waals surface area contributed by atoms with Crippen molar-refractivity contribution in [2.24, 2.45) is 0 Å². The number of rotatable bonds is 4. The van der Waals surface area contributed by atoms with Gasteiger partial charge in [0.25, 0.3) is 5.91 Å². The Morgan fingerprint density at radius 3 is 2.60 bits per heavy atom. The fourth-order valence-electron chi connectivity index (χ4n) is 2.50. The number of aryl methyl sites for hydroxylation is 1. The van der Waals surface area contributed by atoms with Crippen LogP contribution >= 0.6 is 11.6 Å². The minimum Gasteiger partial charge on any atom is -0.495 e. The Morgan fingerprint density at radius 1 is 1.28 bits per heavy atom. The van der Waals surface area contributed by atoms with Crippen LogP contribution < -0.4 is 10.1 Å². The highest BCUT2D eigenvalue weighted by Crippen LogP contribution is 2.32. The standard InChI is InChI=1S/C17H19ClN4O3/c1-11-7-14(15(24-2)8-13(11)18)21-17-19-9-12(10-20-17)16(23)22-3-5-25-6-4-22/h7-10H,3-6H2,1-2H3,(H,19,20,21). The molecule has 1 aromatic heterocycles. The van der Waals surface area contributed by atoms with Gasteiger partial charge < -0.3 is 19.7 Å². The summed E-state index contributed by atoms with van der Waals surface area (Å²) in [5.74, 6) is 0.876. The van der Waals surface area contributed by atoms with E-state index in [-0.39, 0.29) is 5.91 Å². The quantitative estimate of drug-likeness (QED) is 0.901. The fourth-order valence-corrected chi connectivity index (χ4v) is 2.66. The molecule has 1 N–H and O–H groups in total. The molecule has 0 radical (unpaired) electrons. The van der Waals surface area contributed by atoms with Gasteiger partial charge in [-0.1, -0.05) is 11.6 Å². The molecule has 1 aliphatic heterocycles. The van der Waals surface area contributed by atoms with E-state index in [1.54, 1.807) is 18.1 Å². The minimum atomic E-state index is -0.0882. The van der Waals surface area contributed by atoms with Crippen LogP contribution in [0.5, 0.6) is 5.75 Å². The van der Waals surface area contributed by atoms with Crippen LogP contribution in [0.15, 0.2) is 24.5 Å². The average Bonchev–Trinajstić information content (AvgIpc) is 2.65. The molecule has 0 aliphatic carbocycles. The number of carbonyl (C=O) groups is 1. The molecule has 0 atom stereocenters. The number of carbonyl (C=O) groups excluding carboxylic acids is 1. The number of nitrogens with one attached hydrogen (secondary N) is 1. The smallest absolute Gasteiger partial charge is 0.257 e. The molecule has 0 spiro atoms. The summed E-state index contributed by atoms with van der Waals surface area (Å²) >= 11 is 6.11. The third-order valence-corrected chi connectivity index (χ3v) is 4.33. The lowest BCUT2D eigenvalue weighted by atomic mass is 10.2. The van der Waals surface area contributed by atoms with Crippen LogP contribution in [0, 0.1) is 6.92 Å². The van der Waals surface area contributed by atoms with Gasteiger partial charge in [-0.25, -0.2) is 9.97 Å². The molecule has 1 aliphatic rings. The summed E-state index contributed by atoms with van der Waals surface area (Å²) in [6.45, 7) is 4.18. The Kier molecular flexibility index (Phi) is 5.35. The largest absolute Gasteiger partial charge is 0.495 e. The third-order valence-electron chi connectivity index (χ3n) is 3.92. The first-order chi connectivity index (χ1) is 12.1. The first-order valence-corrected chi connectivity index (χ1v) is 8.26. The lowest BCUT2D eigenvalue weighted by molar-refractivity contribution is 0.0302. The number of hydrogen-bond acceptors (Lipinski definition) is 6. The van der Waals surface area contributed by atoms with Crippen LogP contribution in [0.1, 0.15) is 15.9 Å². The van der Waals surface area contributed by atoms with E-state index in [0.29, 0.717) is 54.3 Å². The number of hydrogen-bond donors (Lipinski definition) is 1. The zero-order valence-electron chi connectivity index (χ0n) is 14.1. The van der Waals surface area contributed by atoms with Gasteiger partial charge in [-0.05, 0) is 18.6 Å². The SMILES string of the molecule is COc1cc(Cl)c(C)cc1Nc1ncc(C(=O)N2CCOCC2)cn1. The fraction of sp³-hybridized carbons (Fsp3) is 0.353. The highest BCUT2D eigenvalue weighted by Gasteiger charge is 2.19. The first kappa shape index (κ1) is 17.4. The second-order valence-electron chi connectivity index (χ2n) is 5.63. The number of aromatic nitrogens is 2. The van der Waals surface area contributed by atoms with Gasteiger partial charge in [-0.3, -0.25) is 4.79 Å². The predicted molar refractivity (Wildman–Crippen MR) is 94.8 cm³/mol. The molecule has 1 fully saturated rings. The maximum absolute atomic E-state index is 12.4. The number of benzene rings is 1. The van der Waals surface area contributed by atoms with Gasteiger partial charge >= 0.3 is 0 Å². The van der Waals surface area contributed by atoms with Gasteiger partial charge in [-0.2, -0.15) is 0 Å². The molecule has 0 saturated carbocycles. The van der Waals surface area contributed by atoms with E-state index in [0.717, 1.165) is 5.56 Å². The van der Waals surface area contributed by atoms with E-state index < -0.39 is 0 Å². The summed E-state index contributed by atoms with van der Waals surface area (Å²) in [5, 5.41) is 3.71. The molecule has 8 heteroatoms. The maximum atomic E-state index is 12.4. The second-order valence-corrected chi connectivity index (χ2v) is 6.03. The Bertz CT molecular complexity index is 761. The van der Waals surface area contributed by atoms with Crippen LogP contribution in [-0.2, 0) is 4.74 Å². The predicted octanol–water partition coefficient (Wildman–Crippen LogP) is 2.66. The van der Waals surface area contributed by atoms with Crippen molar-refractivity contribution in [1.29, 1.82) is 0 Å². The highest BCUT2D eigenvalue weighted by atomic mass is 35.5. The second kappa shape index (κ2) is 7.67. The van der Waals surface area contributed by atoms with E-state index >= 15 is 0 Å². The lowest BCUT2D eigenvalue weighted by Crippen LogP contribution is -2.40. The Labute approximate surface area is 150 Å². The molecule has 1 saturated heterocycles. The summed E-state index contributed by atoms with van der Waals surface area (Å²) in [4.78, 5) is 22.6. The number of ether oxygens (including phenoxy) is 2.